The van der Waals surface area contributed by atoms with Crippen molar-refractivity contribution >= 4 is 55.3 Å². The lowest BCUT2D eigenvalue weighted by Gasteiger charge is -2.12. The summed E-state index contributed by atoms with van der Waals surface area (Å²) in [6.07, 6.45) is 4.19. The Morgan fingerprint density at radius 2 is 0.571 bits per heavy atom. The summed E-state index contributed by atoms with van der Waals surface area (Å²) in [5.41, 5.74) is 32.9. The minimum atomic E-state index is 0.926. The van der Waals surface area contributed by atoms with Crippen LogP contribution in [0, 0.1) is 0 Å². The van der Waals surface area contributed by atoms with Crippen LogP contribution in [0.15, 0.2) is 297 Å². The van der Waals surface area contributed by atoms with Crippen molar-refractivity contribution in [2.45, 2.75) is 12.8 Å². The molecule has 17 rings (SSSR count). The van der Waals surface area contributed by atoms with Crippen molar-refractivity contribution in [3.05, 3.63) is 336 Å². The summed E-state index contributed by atoms with van der Waals surface area (Å²) in [5.74, 6) is 0. The van der Waals surface area contributed by atoms with Gasteiger partial charge in [-0.25, -0.2) is 0 Å². The number of aromatic nitrogens is 2. The predicted octanol–water partition coefficient (Wildman–Crippen LogP) is 21.3. The largest absolute Gasteiger partial charge is 0.309 e. The van der Waals surface area contributed by atoms with Crippen molar-refractivity contribution in [3.8, 4) is 78.1 Å². The van der Waals surface area contributed by atoms with E-state index in [1.165, 1.54) is 161 Å². The topological polar surface area (TPSA) is 9.86 Å². The van der Waals surface area contributed by atoms with Gasteiger partial charge in [-0.1, -0.05) is 237 Å². The summed E-state index contributed by atoms with van der Waals surface area (Å²) >= 11 is 0. The molecule has 2 aromatic heterocycles. The molecule has 2 heteroatoms. The zero-order valence-electron chi connectivity index (χ0n) is 46.2. The zero-order chi connectivity index (χ0) is 55.2. The molecule has 0 spiro atoms. The Bertz CT molecular complexity index is 5140. The van der Waals surface area contributed by atoms with Gasteiger partial charge in [0, 0.05) is 32.9 Å². The van der Waals surface area contributed by atoms with Crippen LogP contribution in [0.25, 0.3) is 133 Å². The lowest BCUT2D eigenvalue weighted by atomic mass is 9.93. The molecular weight excluding hydrogens is 1010 g/mol. The SMILES string of the molecule is C(=C(c1ccccc1)c1ccc(-c2ccc3c(c2)Cc2cc(-c4ccc5c(c4)Cc4cc(-c6ccc7c(c6)c6ccccc6n7-c6ccccc6)ccc4-5)ccc2-3)cc1)c1ccc(-c2ccc3c(c2)c2ccccc2n3-c2ccccc2)cc1. The lowest BCUT2D eigenvalue weighted by Crippen LogP contribution is -1.92. The van der Waals surface area contributed by atoms with Crippen molar-refractivity contribution in [1.29, 1.82) is 0 Å². The average Bonchev–Trinajstić information content (AvgIpc) is 3.52. The Balaban J connectivity index is 0.607. The Morgan fingerprint density at radius 3 is 1.02 bits per heavy atom. The van der Waals surface area contributed by atoms with E-state index in [4.69, 9.17) is 0 Å². The van der Waals surface area contributed by atoms with Crippen LogP contribution >= 0.6 is 0 Å². The summed E-state index contributed by atoms with van der Waals surface area (Å²) in [4.78, 5) is 0. The third-order valence-electron chi connectivity index (χ3n) is 18.0. The molecule has 2 heterocycles. The molecule has 2 nitrogen and oxygen atoms in total. The molecule has 2 aliphatic rings. The summed E-state index contributed by atoms with van der Waals surface area (Å²) in [6, 6.07) is 110. The first-order chi connectivity index (χ1) is 41.6. The minimum absolute atomic E-state index is 0.926. The van der Waals surface area contributed by atoms with Crippen molar-refractivity contribution in [1.82, 2.24) is 9.13 Å². The number of benzene rings is 13. The molecule has 0 unspecified atom stereocenters. The molecular formula is C82H54N2. The normalized spacial score (nSPS) is 12.5. The fraction of sp³-hybridized carbons (Fsp3) is 0.0244. The number of hydrogen-bond acceptors (Lipinski definition) is 0. The van der Waals surface area contributed by atoms with Crippen LogP contribution in [0.2, 0.25) is 0 Å². The Morgan fingerprint density at radius 1 is 0.250 bits per heavy atom. The quantitative estimate of drug-likeness (QED) is 0.128. The summed E-state index contributed by atoms with van der Waals surface area (Å²) < 4.78 is 4.76. The highest BCUT2D eigenvalue weighted by Gasteiger charge is 2.24. The molecule has 0 bridgehead atoms. The number of hydrogen-bond donors (Lipinski definition) is 0. The van der Waals surface area contributed by atoms with Gasteiger partial charge in [-0.2, -0.15) is 0 Å². The molecule has 0 amide bonds. The van der Waals surface area contributed by atoms with Crippen LogP contribution in [-0.4, -0.2) is 9.13 Å². The number of rotatable bonds is 9. The Kier molecular flexibility index (Phi) is 11.1. The maximum absolute atomic E-state index is 2.44. The van der Waals surface area contributed by atoms with E-state index in [9.17, 15) is 0 Å². The number of fused-ring (bicyclic) bond motifs is 12. The summed E-state index contributed by atoms with van der Waals surface area (Å²) in [6.45, 7) is 0. The number of nitrogens with zero attached hydrogens (tertiary/aromatic N) is 2. The van der Waals surface area contributed by atoms with Crippen LogP contribution in [0.1, 0.15) is 38.9 Å². The van der Waals surface area contributed by atoms with Crippen molar-refractivity contribution in [2.75, 3.05) is 0 Å². The fourth-order valence-corrected chi connectivity index (χ4v) is 13.9. The van der Waals surface area contributed by atoms with Gasteiger partial charge in [0.15, 0.2) is 0 Å². The van der Waals surface area contributed by atoms with Crippen LogP contribution in [0.5, 0.6) is 0 Å². The number of para-hydroxylation sites is 4. The van der Waals surface area contributed by atoms with E-state index in [0.29, 0.717) is 0 Å². The minimum Gasteiger partial charge on any atom is -0.309 e. The molecule has 0 saturated carbocycles. The average molecular weight is 1070 g/mol. The van der Waals surface area contributed by atoms with E-state index >= 15 is 0 Å². The van der Waals surface area contributed by atoms with E-state index in [1.54, 1.807) is 0 Å². The van der Waals surface area contributed by atoms with E-state index in [0.717, 1.165) is 18.4 Å². The summed E-state index contributed by atoms with van der Waals surface area (Å²) in [7, 11) is 0. The molecule has 15 aromatic rings. The molecule has 2 aliphatic carbocycles. The summed E-state index contributed by atoms with van der Waals surface area (Å²) in [5, 5.41) is 5.07. The van der Waals surface area contributed by atoms with Crippen LogP contribution in [0.4, 0.5) is 0 Å². The second-order valence-corrected chi connectivity index (χ2v) is 22.8. The van der Waals surface area contributed by atoms with Gasteiger partial charge < -0.3 is 9.13 Å². The smallest absolute Gasteiger partial charge is 0.0541 e. The van der Waals surface area contributed by atoms with Gasteiger partial charge >= 0.3 is 0 Å². The third-order valence-corrected chi connectivity index (χ3v) is 18.0. The van der Waals surface area contributed by atoms with Gasteiger partial charge in [-0.3, -0.25) is 0 Å². The predicted molar refractivity (Wildman–Crippen MR) is 353 cm³/mol. The monoisotopic (exact) mass is 1070 g/mol. The van der Waals surface area contributed by atoms with Gasteiger partial charge in [0.25, 0.3) is 0 Å². The first-order valence-corrected chi connectivity index (χ1v) is 29.3. The second-order valence-electron chi connectivity index (χ2n) is 22.8. The highest BCUT2D eigenvalue weighted by atomic mass is 15.0. The van der Waals surface area contributed by atoms with Gasteiger partial charge in [0.2, 0.25) is 0 Å². The molecule has 0 radical (unpaired) electrons. The Hall–Kier alpha value is -10.8. The third kappa shape index (κ3) is 8.02. The molecule has 392 valence electrons. The highest BCUT2D eigenvalue weighted by Crippen LogP contribution is 2.45. The molecule has 13 aromatic carbocycles. The molecule has 0 fully saturated rings. The lowest BCUT2D eigenvalue weighted by molar-refractivity contribution is 1.18. The Labute approximate surface area is 488 Å². The van der Waals surface area contributed by atoms with E-state index in [2.05, 4.69) is 312 Å². The van der Waals surface area contributed by atoms with Crippen LogP contribution < -0.4 is 0 Å². The van der Waals surface area contributed by atoms with Crippen molar-refractivity contribution < 1.29 is 0 Å². The molecule has 0 saturated heterocycles. The van der Waals surface area contributed by atoms with Crippen LogP contribution in [-0.2, 0) is 12.8 Å². The fourth-order valence-electron chi connectivity index (χ4n) is 13.9. The zero-order valence-corrected chi connectivity index (χ0v) is 46.2. The first kappa shape index (κ1) is 48.0. The van der Waals surface area contributed by atoms with Gasteiger partial charge in [-0.05, 0) is 191 Å². The maximum Gasteiger partial charge on any atom is 0.0541 e. The molecule has 84 heavy (non-hydrogen) atoms. The molecule has 0 aliphatic heterocycles. The van der Waals surface area contributed by atoms with E-state index < -0.39 is 0 Å². The van der Waals surface area contributed by atoms with Crippen molar-refractivity contribution in [2.24, 2.45) is 0 Å². The van der Waals surface area contributed by atoms with Gasteiger partial charge in [-0.15, -0.1) is 0 Å². The van der Waals surface area contributed by atoms with Crippen molar-refractivity contribution in [3.63, 3.8) is 0 Å². The maximum atomic E-state index is 2.44. The van der Waals surface area contributed by atoms with E-state index in [1.807, 2.05) is 0 Å². The van der Waals surface area contributed by atoms with E-state index in [-0.39, 0.29) is 0 Å². The molecule has 0 N–H and O–H groups in total. The standard InChI is InChI=1S/C82H54N2/c1-4-14-56(15-5-1)76(44-53-24-26-54(27-25-53)62-36-42-81-77(51-62)74-20-10-12-22-79(74)83(81)68-16-6-2-7-17-68)57-30-28-55(29-31-57)58-32-38-70-64(45-58)49-65-46-59(33-39-71(65)70)60-34-40-72-66(47-60)50-67-48-61(35-41-73(67)72)63-37-43-82-78(52-63)75-21-11-13-23-80(75)84(82)69-18-8-3-9-19-69/h1-48,51-52H,49-50H2. The molecule has 0 atom stereocenters. The second kappa shape index (κ2) is 19.4. The highest BCUT2D eigenvalue weighted by molar-refractivity contribution is 6.12. The van der Waals surface area contributed by atoms with Gasteiger partial charge in [0.1, 0.15) is 0 Å². The first-order valence-electron chi connectivity index (χ1n) is 29.3. The van der Waals surface area contributed by atoms with Gasteiger partial charge in [0.05, 0.1) is 22.1 Å². The van der Waals surface area contributed by atoms with Crippen LogP contribution in [0.3, 0.4) is 0 Å².